The number of nitrogens with one attached hydrogen (secondary N) is 1. The molecule has 3 nitrogen and oxygen atoms in total. The van der Waals surface area contributed by atoms with Gasteiger partial charge in [-0.05, 0) is 30.7 Å². The van der Waals surface area contributed by atoms with Crippen LogP contribution in [0.2, 0.25) is 0 Å². The first-order valence-corrected chi connectivity index (χ1v) is 6.46. The van der Waals surface area contributed by atoms with E-state index in [0.29, 0.717) is 0 Å². The van der Waals surface area contributed by atoms with Crippen molar-refractivity contribution in [1.82, 2.24) is 0 Å². The lowest BCUT2D eigenvalue weighted by molar-refractivity contribution is 0.318. The van der Waals surface area contributed by atoms with Crippen LogP contribution in [0.15, 0.2) is 18.2 Å². The summed E-state index contributed by atoms with van der Waals surface area (Å²) < 4.78 is 5.60. The number of nitrogen functional groups attached to an aromatic ring is 1. The third kappa shape index (κ3) is 3.55. The van der Waals surface area contributed by atoms with E-state index in [9.17, 15) is 0 Å². The summed E-state index contributed by atoms with van der Waals surface area (Å²) in [6, 6.07) is 5.87. The fourth-order valence-electron chi connectivity index (χ4n) is 1.96. The summed E-state index contributed by atoms with van der Waals surface area (Å²) in [5.41, 5.74) is 7.68. The van der Waals surface area contributed by atoms with Crippen LogP contribution in [0.5, 0.6) is 5.75 Å². The molecule has 1 aromatic carbocycles. The minimum absolute atomic E-state index is 0.739. The first-order chi connectivity index (χ1) is 8.19. The number of nitrogens with two attached hydrogens (primary N) is 1. The Bertz CT molecular complexity index is 378. The lowest BCUT2D eigenvalue weighted by Gasteiger charge is -2.10. The molecule has 0 radical (unpaired) electrons. The van der Waals surface area contributed by atoms with E-state index in [-0.39, 0.29) is 0 Å². The molecule has 0 bridgehead atoms. The Morgan fingerprint density at radius 2 is 2.18 bits per heavy atom. The van der Waals surface area contributed by atoms with Gasteiger partial charge in [-0.3, -0.25) is 0 Å². The fourth-order valence-corrected chi connectivity index (χ4v) is 1.96. The number of rotatable bonds is 6. The minimum atomic E-state index is 0.739. The maximum Gasteiger partial charge on any atom is 0.123 e. The summed E-state index contributed by atoms with van der Waals surface area (Å²) in [6.45, 7) is 6.17. The maximum atomic E-state index is 5.86. The van der Waals surface area contributed by atoms with Crippen LogP contribution >= 0.6 is 0 Å². The summed E-state index contributed by atoms with van der Waals surface area (Å²) in [6.07, 6.45) is 2.35. The first kappa shape index (κ1) is 12.1. The van der Waals surface area contributed by atoms with Crippen LogP contribution in [-0.4, -0.2) is 13.2 Å². The smallest absolute Gasteiger partial charge is 0.123 e. The molecule has 0 amide bonds. The van der Waals surface area contributed by atoms with E-state index < -0.39 is 0 Å². The maximum absolute atomic E-state index is 5.86. The van der Waals surface area contributed by atoms with Gasteiger partial charge < -0.3 is 15.8 Å². The van der Waals surface area contributed by atoms with Crippen LogP contribution in [0, 0.1) is 11.8 Å². The summed E-state index contributed by atoms with van der Waals surface area (Å²) in [5, 5.41) is 3.43. The van der Waals surface area contributed by atoms with Gasteiger partial charge in [0.2, 0.25) is 0 Å². The average molecular weight is 234 g/mol. The molecule has 1 fully saturated rings. The van der Waals surface area contributed by atoms with Gasteiger partial charge in [0.05, 0.1) is 6.61 Å². The Balaban J connectivity index is 1.93. The van der Waals surface area contributed by atoms with Gasteiger partial charge >= 0.3 is 0 Å². The minimum Gasteiger partial charge on any atom is -0.493 e. The Morgan fingerprint density at radius 1 is 1.41 bits per heavy atom. The molecule has 1 aliphatic rings. The number of ether oxygens (including phenoxy) is 1. The number of hydrogen-bond donors (Lipinski definition) is 2. The van der Waals surface area contributed by atoms with Gasteiger partial charge in [-0.25, -0.2) is 0 Å². The SMILES string of the molecule is CCCOc1cc(N)cc(NCC2CC2C)c1. The largest absolute Gasteiger partial charge is 0.493 e. The molecular weight excluding hydrogens is 212 g/mol. The summed E-state index contributed by atoms with van der Waals surface area (Å²) in [5.74, 6) is 2.56. The number of anilines is 2. The second-order valence-corrected chi connectivity index (χ2v) is 4.99. The highest BCUT2D eigenvalue weighted by molar-refractivity contribution is 5.59. The van der Waals surface area contributed by atoms with E-state index in [0.717, 1.165) is 48.5 Å². The zero-order valence-corrected chi connectivity index (χ0v) is 10.7. The van der Waals surface area contributed by atoms with Crippen LogP contribution in [-0.2, 0) is 0 Å². The van der Waals surface area contributed by atoms with Gasteiger partial charge in [-0.15, -0.1) is 0 Å². The Kier molecular flexibility index (Phi) is 3.77. The highest BCUT2D eigenvalue weighted by atomic mass is 16.5. The Labute approximate surface area is 103 Å². The molecule has 0 aromatic heterocycles. The summed E-state index contributed by atoms with van der Waals surface area (Å²) >= 11 is 0. The van der Waals surface area contributed by atoms with E-state index in [1.807, 2.05) is 18.2 Å². The third-order valence-corrected chi connectivity index (χ3v) is 3.25. The molecule has 0 spiro atoms. The quantitative estimate of drug-likeness (QED) is 0.743. The highest BCUT2D eigenvalue weighted by Crippen LogP contribution is 2.37. The molecule has 2 unspecified atom stereocenters. The van der Waals surface area contributed by atoms with Crippen molar-refractivity contribution in [1.29, 1.82) is 0 Å². The van der Waals surface area contributed by atoms with Crippen molar-refractivity contribution in [3.63, 3.8) is 0 Å². The fraction of sp³-hybridized carbons (Fsp3) is 0.571. The molecule has 2 rings (SSSR count). The predicted molar refractivity (Wildman–Crippen MR) is 72.4 cm³/mol. The molecule has 94 valence electrons. The molecule has 0 aliphatic heterocycles. The zero-order chi connectivity index (χ0) is 12.3. The molecular formula is C14H22N2O. The Morgan fingerprint density at radius 3 is 2.82 bits per heavy atom. The lowest BCUT2D eigenvalue weighted by Crippen LogP contribution is -2.05. The molecule has 3 N–H and O–H groups in total. The summed E-state index contributed by atoms with van der Waals surface area (Å²) in [4.78, 5) is 0. The van der Waals surface area contributed by atoms with Crippen LogP contribution < -0.4 is 15.8 Å². The molecule has 3 heteroatoms. The zero-order valence-electron chi connectivity index (χ0n) is 10.7. The predicted octanol–water partition coefficient (Wildman–Crippen LogP) is 3.13. The van der Waals surface area contributed by atoms with Crippen molar-refractivity contribution >= 4 is 11.4 Å². The molecule has 0 heterocycles. The van der Waals surface area contributed by atoms with E-state index in [4.69, 9.17) is 10.5 Å². The molecule has 17 heavy (non-hydrogen) atoms. The molecule has 1 aliphatic carbocycles. The normalized spacial score (nSPS) is 22.2. The van der Waals surface area contributed by atoms with Crippen molar-refractivity contribution in [2.75, 3.05) is 24.2 Å². The van der Waals surface area contributed by atoms with Gasteiger partial charge in [-0.1, -0.05) is 13.8 Å². The van der Waals surface area contributed by atoms with Crippen LogP contribution in [0.1, 0.15) is 26.7 Å². The third-order valence-electron chi connectivity index (χ3n) is 3.25. The number of hydrogen-bond acceptors (Lipinski definition) is 3. The van der Waals surface area contributed by atoms with Crippen molar-refractivity contribution in [2.24, 2.45) is 11.8 Å². The standard InChI is InChI=1S/C14H22N2O/c1-3-4-17-14-7-12(15)6-13(8-14)16-9-11-5-10(11)2/h6-8,10-11,16H,3-5,9,15H2,1-2H3. The lowest BCUT2D eigenvalue weighted by atomic mass is 10.2. The van der Waals surface area contributed by atoms with Crippen LogP contribution in [0.3, 0.4) is 0 Å². The molecule has 0 saturated heterocycles. The summed E-state index contributed by atoms with van der Waals surface area (Å²) in [7, 11) is 0. The van der Waals surface area contributed by atoms with E-state index in [1.165, 1.54) is 6.42 Å². The van der Waals surface area contributed by atoms with Gasteiger partial charge in [0.1, 0.15) is 5.75 Å². The van der Waals surface area contributed by atoms with Crippen molar-refractivity contribution in [3.8, 4) is 5.75 Å². The Hall–Kier alpha value is -1.38. The topological polar surface area (TPSA) is 47.3 Å². The van der Waals surface area contributed by atoms with Crippen LogP contribution in [0.25, 0.3) is 0 Å². The van der Waals surface area contributed by atoms with Gasteiger partial charge in [0.25, 0.3) is 0 Å². The van der Waals surface area contributed by atoms with Gasteiger partial charge in [-0.2, -0.15) is 0 Å². The first-order valence-electron chi connectivity index (χ1n) is 6.46. The monoisotopic (exact) mass is 234 g/mol. The molecule has 1 aromatic rings. The van der Waals surface area contributed by atoms with Crippen molar-refractivity contribution in [2.45, 2.75) is 26.7 Å². The average Bonchev–Trinajstić information content (AvgIpc) is 2.99. The van der Waals surface area contributed by atoms with Crippen LogP contribution in [0.4, 0.5) is 11.4 Å². The second-order valence-electron chi connectivity index (χ2n) is 4.99. The highest BCUT2D eigenvalue weighted by Gasteiger charge is 2.31. The van der Waals surface area contributed by atoms with E-state index >= 15 is 0 Å². The number of benzene rings is 1. The molecule has 1 saturated carbocycles. The van der Waals surface area contributed by atoms with E-state index in [1.54, 1.807) is 0 Å². The van der Waals surface area contributed by atoms with E-state index in [2.05, 4.69) is 19.2 Å². The molecule has 2 atom stereocenters. The van der Waals surface area contributed by atoms with Crippen molar-refractivity contribution in [3.05, 3.63) is 18.2 Å². The van der Waals surface area contributed by atoms with Gasteiger partial charge in [0, 0.05) is 30.1 Å². The van der Waals surface area contributed by atoms with Crippen molar-refractivity contribution < 1.29 is 4.74 Å². The second kappa shape index (κ2) is 5.30. The van der Waals surface area contributed by atoms with Gasteiger partial charge in [0.15, 0.2) is 0 Å².